The molecule has 0 unspecified atom stereocenters. The van der Waals surface area contributed by atoms with Crippen molar-refractivity contribution in [1.29, 1.82) is 0 Å². The Morgan fingerprint density at radius 2 is 2.11 bits per heavy atom. The molecule has 2 heterocycles. The molecule has 1 aromatic heterocycles. The number of thiazole rings is 1. The highest BCUT2D eigenvalue weighted by Crippen LogP contribution is 2.19. The van der Waals surface area contributed by atoms with Crippen molar-refractivity contribution in [2.75, 3.05) is 13.1 Å². The molecule has 6 nitrogen and oxygen atoms in total. The van der Waals surface area contributed by atoms with Crippen LogP contribution in [0.5, 0.6) is 0 Å². The first kappa shape index (κ1) is 14.0. The lowest BCUT2D eigenvalue weighted by Crippen LogP contribution is -2.43. The highest BCUT2D eigenvalue weighted by Gasteiger charge is 2.24. The molecule has 1 fully saturated rings. The van der Waals surface area contributed by atoms with Gasteiger partial charge in [-0.25, -0.2) is 9.78 Å². The summed E-state index contributed by atoms with van der Waals surface area (Å²) in [4.78, 5) is 29.2. The molecule has 1 aliphatic heterocycles. The molecule has 0 radical (unpaired) electrons. The molecule has 7 heteroatoms. The normalized spacial score (nSPS) is 16.6. The number of likely N-dealkylation sites (tertiary alicyclic amines) is 1. The van der Waals surface area contributed by atoms with Crippen LogP contribution in [0.2, 0.25) is 0 Å². The van der Waals surface area contributed by atoms with Crippen molar-refractivity contribution in [2.24, 2.45) is 5.73 Å². The topological polar surface area (TPSA) is 96.5 Å². The van der Waals surface area contributed by atoms with Gasteiger partial charge in [-0.05, 0) is 19.8 Å². The zero-order valence-electron chi connectivity index (χ0n) is 10.8. The zero-order valence-corrected chi connectivity index (χ0v) is 11.6. The van der Waals surface area contributed by atoms with Crippen LogP contribution in [0.4, 0.5) is 0 Å². The number of carboxylic acid groups (broad SMARTS) is 1. The molecule has 0 atom stereocenters. The number of piperidine rings is 1. The molecule has 19 heavy (non-hydrogen) atoms. The first-order valence-electron chi connectivity index (χ1n) is 6.20. The van der Waals surface area contributed by atoms with E-state index >= 15 is 0 Å². The molecule has 0 aliphatic carbocycles. The minimum absolute atomic E-state index is 0.0568. The number of hydrogen-bond donors (Lipinski definition) is 2. The number of aromatic carboxylic acids is 1. The van der Waals surface area contributed by atoms with Crippen molar-refractivity contribution in [3.05, 3.63) is 15.6 Å². The largest absolute Gasteiger partial charge is 0.477 e. The summed E-state index contributed by atoms with van der Waals surface area (Å²) in [5.41, 5.74) is 6.16. The summed E-state index contributed by atoms with van der Waals surface area (Å²) in [5, 5.41) is 9.73. The van der Waals surface area contributed by atoms with Gasteiger partial charge in [-0.1, -0.05) is 0 Å². The van der Waals surface area contributed by atoms with Gasteiger partial charge < -0.3 is 15.7 Å². The number of aromatic nitrogens is 1. The first-order chi connectivity index (χ1) is 8.97. The van der Waals surface area contributed by atoms with Gasteiger partial charge in [0.2, 0.25) is 5.91 Å². The van der Waals surface area contributed by atoms with Crippen LogP contribution in [-0.4, -0.2) is 46.0 Å². The third-order valence-electron chi connectivity index (χ3n) is 3.21. The smallest absolute Gasteiger partial charge is 0.347 e. The Morgan fingerprint density at radius 1 is 1.47 bits per heavy atom. The quantitative estimate of drug-likeness (QED) is 0.848. The molecule has 1 saturated heterocycles. The van der Waals surface area contributed by atoms with Crippen molar-refractivity contribution < 1.29 is 14.7 Å². The molecule has 0 bridgehead atoms. The summed E-state index contributed by atoms with van der Waals surface area (Å²) in [6, 6.07) is 0.167. The predicted octanol–water partition coefficient (Wildman–Crippen LogP) is 0.642. The molecular formula is C12H17N3O3S. The van der Waals surface area contributed by atoms with Crippen LogP contribution in [0.3, 0.4) is 0 Å². The van der Waals surface area contributed by atoms with Crippen LogP contribution in [0.25, 0.3) is 0 Å². The monoisotopic (exact) mass is 283 g/mol. The maximum atomic E-state index is 12.1. The number of aryl methyl sites for hydroxylation is 1. The number of rotatable bonds is 3. The SMILES string of the molecule is Cc1nc(CC(=O)N2CCC(N)CC2)c(C(=O)O)s1. The molecule has 0 spiro atoms. The van der Waals surface area contributed by atoms with Crippen LogP contribution in [-0.2, 0) is 11.2 Å². The Hall–Kier alpha value is -1.47. The zero-order chi connectivity index (χ0) is 14.0. The first-order valence-corrected chi connectivity index (χ1v) is 7.02. The van der Waals surface area contributed by atoms with E-state index in [4.69, 9.17) is 10.8 Å². The predicted molar refractivity (Wildman–Crippen MR) is 71.3 cm³/mol. The number of hydrogen-bond acceptors (Lipinski definition) is 5. The summed E-state index contributed by atoms with van der Waals surface area (Å²) in [6.45, 7) is 3.03. The minimum atomic E-state index is -1.02. The lowest BCUT2D eigenvalue weighted by atomic mass is 10.1. The molecular weight excluding hydrogens is 266 g/mol. The van der Waals surface area contributed by atoms with Crippen LogP contribution < -0.4 is 5.73 Å². The van der Waals surface area contributed by atoms with Gasteiger partial charge in [0.1, 0.15) is 4.88 Å². The lowest BCUT2D eigenvalue weighted by molar-refractivity contribution is -0.131. The maximum absolute atomic E-state index is 12.1. The fraction of sp³-hybridized carbons (Fsp3) is 0.583. The second-order valence-electron chi connectivity index (χ2n) is 4.71. The average Bonchev–Trinajstić information content (AvgIpc) is 2.71. The molecule has 1 amide bonds. The highest BCUT2D eigenvalue weighted by atomic mass is 32.1. The third kappa shape index (κ3) is 3.30. The van der Waals surface area contributed by atoms with Crippen LogP contribution in [0.15, 0.2) is 0 Å². The highest BCUT2D eigenvalue weighted by molar-refractivity contribution is 7.13. The number of carbonyl (C=O) groups excluding carboxylic acids is 1. The average molecular weight is 283 g/mol. The number of nitrogens with zero attached hydrogens (tertiary/aromatic N) is 2. The van der Waals surface area contributed by atoms with Gasteiger partial charge in [0.05, 0.1) is 17.1 Å². The number of carbonyl (C=O) groups is 2. The second kappa shape index (κ2) is 5.66. The van der Waals surface area contributed by atoms with Gasteiger partial charge in [0.15, 0.2) is 0 Å². The summed E-state index contributed by atoms with van der Waals surface area (Å²) in [6.07, 6.45) is 1.66. The lowest BCUT2D eigenvalue weighted by Gasteiger charge is -2.30. The molecule has 1 aromatic rings. The summed E-state index contributed by atoms with van der Waals surface area (Å²) < 4.78 is 0. The van der Waals surface area contributed by atoms with E-state index in [2.05, 4.69) is 4.98 Å². The second-order valence-corrected chi connectivity index (χ2v) is 5.91. The number of carboxylic acids is 1. The third-order valence-corrected chi connectivity index (χ3v) is 4.21. The molecule has 1 aliphatic rings. The van der Waals surface area contributed by atoms with Crippen molar-refractivity contribution >= 4 is 23.2 Å². The Kier molecular flexibility index (Phi) is 4.16. The minimum Gasteiger partial charge on any atom is -0.477 e. The van der Waals surface area contributed by atoms with E-state index in [0.717, 1.165) is 24.2 Å². The fourth-order valence-electron chi connectivity index (χ4n) is 2.16. The van der Waals surface area contributed by atoms with Crippen LogP contribution in [0, 0.1) is 6.92 Å². The van der Waals surface area contributed by atoms with Crippen molar-refractivity contribution in [1.82, 2.24) is 9.88 Å². The number of amides is 1. The summed E-state index contributed by atoms with van der Waals surface area (Å²) in [7, 11) is 0. The summed E-state index contributed by atoms with van der Waals surface area (Å²) in [5.74, 6) is -1.09. The summed E-state index contributed by atoms with van der Waals surface area (Å²) >= 11 is 1.11. The Balaban J connectivity index is 2.04. The Labute approximate surface area is 115 Å². The standard InChI is InChI=1S/C12H17N3O3S/c1-7-14-9(11(19-7)12(17)18)6-10(16)15-4-2-8(13)3-5-15/h8H,2-6,13H2,1H3,(H,17,18). The van der Waals surface area contributed by atoms with E-state index < -0.39 is 5.97 Å². The van der Waals surface area contributed by atoms with Gasteiger partial charge in [-0.2, -0.15) is 0 Å². The van der Waals surface area contributed by atoms with Gasteiger partial charge in [0.25, 0.3) is 0 Å². The van der Waals surface area contributed by atoms with Crippen molar-refractivity contribution in [3.8, 4) is 0 Å². The van der Waals surface area contributed by atoms with Crippen LogP contribution >= 0.6 is 11.3 Å². The molecule has 0 aromatic carbocycles. The Bertz CT molecular complexity index is 492. The molecule has 104 valence electrons. The van der Waals surface area contributed by atoms with E-state index in [1.165, 1.54) is 0 Å². The van der Waals surface area contributed by atoms with Gasteiger partial charge in [-0.3, -0.25) is 4.79 Å². The van der Waals surface area contributed by atoms with E-state index in [1.54, 1.807) is 11.8 Å². The van der Waals surface area contributed by atoms with E-state index in [-0.39, 0.29) is 23.2 Å². The fourth-order valence-corrected chi connectivity index (χ4v) is 2.94. The van der Waals surface area contributed by atoms with E-state index in [1.807, 2.05) is 0 Å². The van der Waals surface area contributed by atoms with Crippen molar-refractivity contribution in [3.63, 3.8) is 0 Å². The molecule has 2 rings (SSSR count). The number of nitrogens with two attached hydrogens (primary N) is 1. The van der Waals surface area contributed by atoms with Crippen LogP contribution in [0.1, 0.15) is 33.2 Å². The molecule has 3 N–H and O–H groups in total. The van der Waals surface area contributed by atoms with Gasteiger partial charge in [-0.15, -0.1) is 11.3 Å². The van der Waals surface area contributed by atoms with Crippen molar-refractivity contribution in [2.45, 2.75) is 32.2 Å². The molecule has 0 saturated carbocycles. The van der Waals surface area contributed by atoms with E-state index in [9.17, 15) is 9.59 Å². The van der Waals surface area contributed by atoms with E-state index in [0.29, 0.717) is 23.8 Å². The Morgan fingerprint density at radius 3 is 2.68 bits per heavy atom. The van der Waals surface area contributed by atoms with Gasteiger partial charge in [0, 0.05) is 19.1 Å². The van der Waals surface area contributed by atoms with Gasteiger partial charge >= 0.3 is 5.97 Å². The maximum Gasteiger partial charge on any atom is 0.347 e.